The van der Waals surface area contributed by atoms with Gasteiger partial charge < -0.3 is 4.89 Å². The first-order valence-electron chi connectivity index (χ1n) is 26.3. The fourth-order valence-corrected chi connectivity index (χ4v) is 10.6. The van der Waals surface area contributed by atoms with Crippen molar-refractivity contribution in [3.8, 4) is 44.5 Å². The van der Waals surface area contributed by atoms with Gasteiger partial charge in [0.1, 0.15) is 0 Å². The van der Waals surface area contributed by atoms with Gasteiger partial charge in [-0.3, -0.25) is 4.57 Å². The Kier molecular flexibility index (Phi) is 14.8. The molecular weight excluding hydrogens is 880 g/mol. The zero-order valence-electron chi connectivity index (χ0n) is 48.7. The van der Waals surface area contributed by atoms with Gasteiger partial charge in [0, 0.05) is 0 Å². The van der Waals surface area contributed by atoms with Gasteiger partial charge in [0.15, 0.2) is 8.69 Å². The normalized spacial score (nSPS) is 13.7. The lowest BCUT2D eigenvalue weighted by Crippen LogP contribution is -2.21. The number of benzene rings is 6. The summed E-state index contributed by atoms with van der Waals surface area (Å²) < 4.78 is 8.57. The third-order valence-electron chi connectivity index (χ3n) is 14.8. The molecule has 3 heteroatoms. The second-order valence-corrected chi connectivity index (χ2v) is 29.2. The minimum Gasteiger partial charge on any atom is -0.348 e. The molecule has 1 aliphatic carbocycles. The predicted octanol–water partition coefficient (Wildman–Crippen LogP) is 19.3. The summed E-state index contributed by atoms with van der Waals surface area (Å²) in [7, 11) is -1.50. The Morgan fingerprint density at radius 3 is 0.676 bits per heavy atom. The Morgan fingerprint density at radius 1 is 0.296 bits per heavy atom. The highest BCUT2D eigenvalue weighted by Gasteiger charge is 2.36. The summed E-state index contributed by atoms with van der Waals surface area (Å²) in [5.74, 6) is 0. The SMILES string of the molecule is CC(C)(C)c1ccc(-c2c(-c3ccc(C(C)(C)C)cc3C(C)(C)C)c(-c3ccc(C(C)(C)C)cc3C(C)(C)C)c3c(c2-c2ccc(C(C)(C)C)cc2C(C)(C)C)=c2ccccc2=3)c(C(C)(C)C)c1.O=[PH2]O. The number of hydrogen-bond acceptors (Lipinski definition) is 1. The van der Waals surface area contributed by atoms with E-state index in [9.17, 15) is 0 Å². The molecule has 0 heterocycles. The first kappa shape index (κ1) is 55.8. The van der Waals surface area contributed by atoms with Crippen LogP contribution in [-0.4, -0.2) is 4.89 Å². The molecule has 1 N–H and O–H groups in total. The largest absolute Gasteiger partial charge is 0.348 e. The minimum atomic E-state index is -1.50. The highest BCUT2D eigenvalue weighted by Crippen LogP contribution is 2.55. The van der Waals surface area contributed by atoms with Crippen LogP contribution in [0.3, 0.4) is 0 Å². The lowest BCUT2D eigenvalue weighted by molar-refractivity contribution is 0.524. The topological polar surface area (TPSA) is 37.3 Å². The molecule has 71 heavy (non-hydrogen) atoms. The molecule has 0 fully saturated rings. The molecule has 0 bridgehead atoms. The highest BCUT2D eigenvalue weighted by molar-refractivity contribution is 7.16. The maximum Gasteiger partial charge on any atom is 0.177 e. The lowest BCUT2D eigenvalue weighted by atomic mass is 9.68. The van der Waals surface area contributed by atoms with Gasteiger partial charge in [-0.2, -0.15) is 0 Å². The number of rotatable bonds is 4. The molecule has 6 aromatic carbocycles. The average molecular weight is 971 g/mol. The highest BCUT2D eigenvalue weighted by atomic mass is 31.1. The van der Waals surface area contributed by atoms with Gasteiger partial charge in [-0.1, -0.05) is 263 Å². The zero-order chi connectivity index (χ0) is 53.6. The minimum absolute atomic E-state index is 0.00475. The molecule has 0 aromatic heterocycles. The van der Waals surface area contributed by atoms with Crippen LogP contribution in [0.5, 0.6) is 0 Å². The van der Waals surface area contributed by atoms with Gasteiger partial charge in [-0.15, -0.1) is 0 Å². The molecule has 0 saturated heterocycles. The van der Waals surface area contributed by atoms with E-state index >= 15 is 0 Å². The predicted molar refractivity (Wildman–Crippen MR) is 312 cm³/mol. The van der Waals surface area contributed by atoms with E-state index in [2.05, 4.69) is 263 Å². The van der Waals surface area contributed by atoms with Crippen molar-refractivity contribution in [3.05, 3.63) is 162 Å². The van der Waals surface area contributed by atoms with Crippen molar-refractivity contribution < 1.29 is 9.46 Å². The van der Waals surface area contributed by atoms with Gasteiger partial charge in [0.2, 0.25) is 0 Å². The standard InChI is InChI=1S/C68H88.H3O2P/c1-61(2,3)41-29-33-47(51(37-41)65(13,14)15)57-55-45-27-25-26-28-46(45)56(55)58(48-34-30-42(62(4,5)6)38-52(48)66(16,17)18)60(50-36-32-44(64(10,11)12)40-54(50)68(22,23)24)59(57)49-35-31-43(63(7,8)9)39-53(49)67(19,20)21;1-3-2/h25-40H,1-24H3;3H2,(H,1,2). The van der Waals surface area contributed by atoms with Crippen LogP contribution in [0.1, 0.15) is 211 Å². The summed E-state index contributed by atoms with van der Waals surface area (Å²) in [6.45, 7) is 57.4. The van der Waals surface area contributed by atoms with E-state index in [1.165, 1.54) is 110 Å². The molecule has 2 nitrogen and oxygen atoms in total. The molecule has 6 aromatic rings. The van der Waals surface area contributed by atoms with Crippen molar-refractivity contribution in [2.75, 3.05) is 0 Å². The second-order valence-electron chi connectivity index (χ2n) is 28.9. The molecule has 0 amide bonds. The Morgan fingerprint density at radius 2 is 0.493 bits per heavy atom. The van der Waals surface area contributed by atoms with E-state index in [1.807, 2.05) is 0 Å². The maximum absolute atomic E-state index is 8.57. The van der Waals surface area contributed by atoms with Crippen molar-refractivity contribution in [1.29, 1.82) is 0 Å². The molecule has 380 valence electrons. The molecule has 1 atom stereocenters. The van der Waals surface area contributed by atoms with Crippen LogP contribution < -0.4 is 0 Å². The molecule has 0 radical (unpaired) electrons. The summed E-state index contributed by atoms with van der Waals surface area (Å²) in [6, 6.07) is 39.4. The molecular formula is C68H91O2P. The van der Waals surface area contributed by atoms with E-state index in [1.54, 1.807) is 0 Å². The van der Waals surface area contributed by atoms with Crippen LogP contribution in [0.25, 0.3) is 44.5 Å². The first-order valence-corrected chi connectivity index (χ1v) is 27.3. The van der Waals surface area contributed by atoms with Gasteiger partial charge >= 0.3 is 0 Å². The first-order chi connectivity index (χ1) is 32.2. The quantitative estimate of drug-likeness (QED) is 0.179. The van der Waals surface area contributed by atoms with E-state index in [-0.39, 0.29) is 43.3 Å². The van der Waals surface area contributed by atoms with E-state index in [0.717, 1.165) is 0 Å². The molecule has 1 aliphatic rings. The van der Waals surface area contributed by atoms with Crippen LogP contribution >= 0.6 is 8.69 Å². The van der Waals surface area contributed by atoms with Crippen LogP contribution in [0, 0.1) is 20.9 Å². The fraction of sp³-hybridized carbons (Fsp3) is 0.471. The maximum atomic E-state index is 8.57. The van der Waals surface area contributed by atoms with E-state index in [4.69, 9.17) is 9.46 Å². The zero-order valence-corrected chi connectivity index (χ0v) is 49.8. The second kappa shape index (κ2) is 18.8. The summed E-state index contributed by atoms with van der Waals surface area (Å²) in [5, 5.41) is 5.45. The Hall–Kier alpha value is -4.49. The van der Waals surface area contributed by atoms with Gasteiger partial charge in [-0.25, -0.2) is 0 Å². The van der Waals surface area contributed by atoms with E-state index in [0.29, 0.717) is 0 Å². The Labute approximate surface area is 432 Å². The molecule has 0 spiro atoms. The van der Waals surface area contributed by atoms with Crippen molar-refractivity contribution in [3.63, 3.8) is 0 Å². The third kappa shape index (κ3) is 11.1. The van der Waals surface area contributed by atoms with Crippen molar-refractivity contribution in [1.82, 2.24) is 0 Å². The van der Waals surface area contributed by atoms with Gasteiger partial charge in [0.05, 0.1) is 0 Å². The van der Waals surface area contributed by atoms with Crippen LogP contribution in [0.2, 0.25) is 0 Å². The third-order valence-corrected chi connectivity index (χ3v) is 14.8. The Balaban J connectivity index is 0.00000268. The summed E-state index contributed by atoms with van der Waals surface area (Å²) in [6.07, 6.45) is 0. The van der Waals surface area contributed by atoms with Crippen molar-refractivity contribution in [2.45, 2.75) is 209 Å². The summed E-state index contributed by atoms with van der Waals surface area (Å²) >= 11 is 0. The smallest absolute Gasteiger partial charge is 0.177 e. The number of hydrogen-bond donors (Lipinski definition) is 1. The van der Waals surface area contributed by atoms with Crippen molar-refractivity contribution >= 4 is 8.69 Å². The van der Waals surface area contributed by atoms with E-state index < -0.39 is 8.69 Å². The summed E-state index contributed by atoms with van der Waals surface area (Å²) in [4.78, 5) is 7.10. The summed E-state index contributed by atoms with van der Waals surface area (Å²) in [5.41, 5.74) is 21.1. The van der Waals surface area contributed by atoms with Gasteiger partial charge in [0.25, 0.3) is 0 Å². The lowest BCUT2D eigenvalue weighted by Gasteiger charge is -2.35. The van der Waals surface area contributed by atoms with Gasteiger partial charge in [-0.05, 0) is 153 Å². The Bertz CT molecular complexity index is 3000. The van der Waals surface area contributed by atoms with Crippen molar-refractivity contribution in [2.24, 2.45) is 0 Å². The van der Waals surface area contributed by atoms with Crippen LogP contribution in [-0.2, 0) is 47.9 Å². The average Bonchev–Trinajstić information content (AvgIpc) is 3.21. The fourth-order valence-electron chi connectivity index (χ4n) is 10.6. The molecule has 7 rings (SSSR count). The monoisotopic (exact) mass is 971 g/mol. The molecule has 0 saturated carbocycles. The number of fused-ring (bicyclic) bond motifs is 2. The molecule has 1 unspecified atom stereocenters. The van der Waals surface area contributed by atoms with Crippen LogP contribution in [0.4, 0.5) is 0 Å². The molecule has 0 aliphatic heterocycles. The van der Waals surface area contributed by atoms with Crippen LogP contribution in [0.15, 0.2) is 97.1 Å².